The Bertz CT molecular complexity index is 778. The molecule has 3 rings (SSSR count). The largest absolute Gasteiger partial charge is 0.497 e. The Morgan fingerprint density at radius 3 is 2.64 bits per heavy atom. The smallest absolute Gasteiger partial charge is 0.189 e. The van der Waals surface area contributed by atoms with Crippen molar-refractivity contribution in [1.82, 2.24) is 0 Å². The van der Waals surface area contributed by atoms with E-state index in [1.54, 1.807) is 32.4 Å². The molecule has 0 saturated heterocycles. The number of Topliss-reactive ketones (excluding diaryl/α,β-unsaturated/α-hetero) is 1. The van der Waals surface area contributed by atoms with Gasteiger partial charge in [0, 0.05) is 23.1 Å². The van der Waals surface area contributed by atoms with Gasteiger partial charge in [-0.15, -0.1) is 0 Å². The number of benzene rings is 2. The van der Waals surface area contributed by atoms with Gasteiger partial charge in [-0.1, -0.05) is 0 Å². The summed E-state index contributed by atoms with van der Waals surface area (Å²) in [4.78, 5) is 12.4. The van der Waals surface area contributed by atoms with Crippen molar-refractivity contribution in [3.8, 4) is 11.5 Å². The van der Waals surface area contributed by atoms with Gasteiger partial charge in [-0.2, -0.15) is 0 Å². The van der Waals surface area contributed by atoms with Crippen LogP contribution in [0.15, 0.2) is 42.0 Å². The lowest BCUT2D eigenvalue weighted by molar-refractivity contribution is 0.104. The highest BCUT2D eigenvalue weighted by Gasteiger charge is 2.25. The van der Waals surface area contributed by atoms with Gasteiger partial charge in [-0.3, -0.25) is 4.79 Å². The van der Waals surface area contributed by atoms with E-state index >= 15 is 0 Å². The number of ether oxygens (including phenoxy) is 2. The van der Waals surface area contributed by atoms with Crippen LogP contribution in [0.4, 0.5) is 4.39 Å². The zero-order valence-electron chi connectivity index (χ0n) is 12.4. The van der Waals surface area contributed by atoms with Gasteiger partial charge in [0.15, 0.2) is 5.78 Å². The molecule has 0 heterocycles. The number of hydrogen-bond donors (Lipinski definition) is 0. The highest BCUT2D eigenvalue weighted by Crippen LogP contribution is 2.32. The van der Waals surface area contributed by atoms with Gasteiger partial charge in [-0.25, -0.2) is 4.39 Å². The zero-order chi connectivity index (χ0) is 15.7. The second-order valence-corrected chi connectivity index (χ2v) is 5.08. The van der Waals surface area contributed by atoms with E-state index in [0.717, 1.165) is 11.1 Å². The molecule has 0 unspecified atom stereocenters. The van der Waals surface area contributed by atoms with Crippen molar-refractivity contribution >= 4 is 11.9 Å². The van der Waals surface area contributed by atoms with E-state index in [0.29, 0.717) is 29.1 Å². The molecule has 0 spiro atoms. The molecule has 0 fully saturated rings. The normalized spacial score (nSPS) is 15.0. The molecule has 22 heavy (non-hydrogen) atoms. The highest BCUT2D eigenvalue weighted by atomic mass is 19.1. The molecular weight excluding hydrogens is 283 g/mol. The van der Waals surface area contributed by atoms with Gasteiger partial charge in [0.25, 0.3) is 0 Å². The summed E-state index contributed by atoms with van der Waals surface area (Å²) in [5.74, 6) is 0.941. The molecule has 2 aromatic rings. The fourth-order valence-corrected chi connectivity index (χ4v) is 2.64. The Balaban J connectivity index is 2.02. The number of carbonyl (C=O) groups excluding carboxylic acids is 1. The quantitative estimate of drug-likeness (QED) is 0.811. The molecule has 0 aliphatic heterocycles. The second kappa shape index (κ2) is 5.64. The molecule has 4 heteroatoms. The Hall–Kier alpha value is -2.62. The van der Waals surface area contributed by atoms with Crippen molar-refractivity contribution < 1.29 is 18.7 Å². The van der Waals surface area contributed by atoms with E-state index in [9.17, 15) is 9.18 Å². The van der Waals surface area contributed by atoms with Gasteiger partial charge in [0.1, 0.15) is 17.3 Å². The molecule has 2 aromatic carbocycles. The molecule has 0 radical (unpaired) electrons. The minimum atomic E-state index is -0.327. The monoisotopic (exact) mass is 298 g/mol. The van der Waals surface area contributed by atoms with Crippen LogP contribution in [0.3, 0.4) is 0 Å². The van der Waals surface area contributed by atoms with Gasteiger partial charge in [-0.05, 0) is 48.0 Å². The maximum absolute atomic E-state index is 13.3. The Labute approximate surface area is 128 Å². The number of carbonyl (C=O) groups is 1. The van der Waals surface area contributed by atoms with E-state index in [2.05, 4.69) is 0 Å². The standard InChI is InChI=1S/C18H15FO3/c1-21-15-4-6-17(22-2)12(10-15)8-13-7-11-9-14(19)3-5-16(11)18(13)20/h3-6,8-10H,7H2,1-2H3/b13-8+. The third kappa shape index (κ3) is 2.48. The summed E-state index contributed by atoms with van der Waals surface area (Å²) < 4.78 is 23.8. The SMILES string of the molecule is COc1ccc(OC)c(/C=C2\Cc3cc(F)ccc3C2=O)c1. The van der Waals surface area contributed by atoms with Crippen LogP contribution in [0.5, 0.6) is 11.5 Å². The molecule has 0 saturated carbocycles. The lowest BCUT2D eigenvalue weighted by Crippen LogP contribution is -1.96. The van der Waals surface area contributed by atoms with E-state index in [-0.39, 0.29) is 11.6 Å². The van der Waals surface area contributed by atoms with Crippen LogP contribution in [-0.2, 0) is 6.42 Å². The number of halogens is 1. The fourth-order valence-electron chi connectivity index (χ4n) is 2.64. The molecule has 0 atom stereocenters. The van der Waals surface area contributed by atoms with Crippen LogP contribution in [0.2, 0.25) is 0 Å². The van der Waals surface area contributed by atoms with Crippen molar-refractivity contribution in [2.75, 3.05) is 14.2 Å². The first-order valence-corrected chi connectivity index (χ1v) is 6.88. The topological polar surface area (TPSA) is 35.5 Å². The first kappa shape index (κ1) is 14.3. The summed E-state index contributed by atoms with van der Waals surface area (Å²) in [6, 6.07) is 9.65. The molecule has 1 aliphatic rings. The van der Waals surface area contributed by atoms with Gasteiger partial charge in [0.2, 0.25) is 0 Å². The summed E-state index contributed by atoms with van der Waals surface area (Å²) in [7, 11) is 3.16. The maximum Gasteiger partial charge on any atom is 0.189 e. The van der Waals surface area contributed by atoms with Crippen LogP contribution < -0.4 is 9.47 Å². The molecule has 1 aliphatic carbocycles. The number of allylic oxidation sites excluding steroid dienone is 1. The summed E-state index contributed by atoms with van der Waals surface area (Å²) >= 11 is 0. The second-order valence-electron chi connectivity index (χ2n) is 5.08. The molecule has 112 valence electrons. The molecule has 0 bridgehead atoms. The number of methoxy groups -OCH3 is 2. The van der Waals surface area contributed by atoms with Crippen molar-refractivity contribution in [2.45, 2.75) is 6.42 Å². The van der Waals surface area contributed by atoms with Crippen molar-refractivity contribution in [3.63, 3.8) is 0 Å². The van der Waals surface area contributed by atoms with Gasteiger partial charge >= 0.3 is 0 Å². The Morgan fingerprint density at radius 2 is 1.91 bits per heavy atom. The first-order valence-electron chi connectivity index (χ1n) is 6.88. The minimum absolute atomic E-state index is 0.0696. The fraction of sp³-hybridized carbons (Fsp3) is 0.167. The van der Waals surface area contributed by atoms with Crippen LogP contribution >= 0.6 is 0 Å². The first-order chi connectivity index (χ1) is 10.6. The summed E-state index contributed by atoms with van der Waals surface area (Å²) in [6.45, 7) is 0. The molecule has 0 aromatic heterocycles. The Morgan fingerprint density at radius 1 is 1.09 bits per heavy atom. The summed E-state index contributed by atoms with van der Waals surface area (Å²) in [5, 5.41) is 0. The van der Waals surface area contributed by atoms with Gasteiger partial charge in [0.05, 0.1) is 14.2 Å². The van der Waals surface area contributed by atoms with Crippen LogP contribution in [-0.4, -0.2) is 20.0 Å². The average Bonchev–Trinajstić information content (AvgIpc) is 2.82. The molecule has 3 nitrogen and oxygen atoms in total. The lowest BCUT2D eigenvalue weighted by Gasteiger charge is -2.08. The summed E-state index contributed by atoms with van der Waals surface area (Å²) in [5.41, 5.74) is 2.67. The third-order valence-corrected chi connectivity index (χ3v) is 3.75. The van der Waals surface area contributed by atoms with E-state index in [1.807, 2.05) is 6.07 Å². The van der Waals surface area contributed by atoms with Crippen LogP contribution in [0.25, 0.3) is 6.08 Å². The summed E-state index contributed by atoms with van der Waals surface area (Å²) in [6.07, 6.45) is 2.20. The maximum atomic E-state index is 13.3. The number of fused-ring (bicyclic) bond motifs is 1. The highest BCUT2D eigenvalue weighted by molar-refractivity contribution is 6.15. The minimum Gasteiger partial charge on any atom is -0.497 e. The predicted molar refractivity (Wildman–Crippen MR) is 82.0 cm³/mol. The number of hydrogen-bond acceptors (Lipinski definition) is 3. The average molecular weight is 298 g/mol. The van der Waals surface area contributed by atoms with E-state index in [1.165, 1.54) is 18.2 Å². The molecular formula is C18H15FO3. The lowest BCUT2D eigenvalue weighted by atomic mass is 10.1. The van der Waals surface area contributed by atoms with Crippen LogP contribution in [0.1, 0.15) is 21.5 Å². The number of ketones is 1. The molecule has 0 amide bonds. The van der Waals surface area contributed by atoms with Crippen molar-refractivity contribution in [1.29, 1.82) is 0 Å². The van der Waals surface area contributed by atoms with E-state index < -0.39 is 0 Å². The van der Waals surface area contributed by atoms with E-state index in [4.69, 9.17) is 9.47 Å². The van der Waals surface area contributed by atoms with Crippen LogP contribution in [0, 0.1) is 5.82 Å². The number of rotatable bonds is 3. The zero-order valence-corrected chi connectivity index (χ0v) is 12.4. The van der Waals surface area contributed by atoms with Gasteiger partial charge < -0.3 is 9.47 Å². The van der Waals surface area contributed by atoms with Crippen molar-refractivity contribution in [3.05, 3.63) is 64.5 Å². The Kier molecular flexibility index (Phi) is 3.67. The molecule has 0 N–H and O–H groups in total. The third-order valence-electron chi connectivity index (χ3n) is 3.75. The van der Waals surface area contributed by atoms with Crippen molar-refractivity contribution in [2.24, 2.45) is 0 Å². The predicted octanol–water partition coefficient (Wildman–Crippen LogP) is 3.67.